The van der Waals surface area contributed by atoms with Crippen molar-refractivity contribution in [2.24, 2.45) is 0 Å². The summed E-state index contributed by atoms with van der Waals surface area (Å²) >= 11 is 1.56. The zero-order valence-corrected chi connectivity index (χ0v) is 9.52. The van der Waals surface area contributed by atoms with Crippen LogP contribution in [0.25, 0.3) is 16.7 Å². The van der Waals surface area contributed by atoms with Crippen molar-refractivity contribution in [3.05, 3.63) is 46.9 Å². The van der Waals surface area contributed by atoms with E-state index in [0.717, 1.165) is 5.69 Å². The van der Waals surface area contributed by atoms with Crippen LogP contribution in [0.3, 0.4) is 0 Å². The highest BCUT2D eigenvalue weighted by Crippen LogP contribution is 2.23. The molecule has 3 rings (SSSR count). The van der Waals surface area contributed by atoms with Crippen LogP contribution in [0.5, 0.6) is 0 Å². The summed E-state index contributed by atoms with van der Waals surface area (Å²) in [6.45, 7) is 0. The van der Waals surface area contributed by atoms with E-state index in [1.165, 1.54) is 0 Å². The number of carbonyl (C=O) groups is 1. The van der Waals surface area contributed by atoms with Crippen molar-refractivity contribution in [3.63, 3.8) is 0 Å². The van der Waals surface area contributed by atoms with Crippen LogP contribution in [0.4, 0.5) is 0 Å². The number of para-hydroxylation sites is 1. The predicted molar refractivity (Wildman–Crippen MR) is 65.9 cm³/mol. The summed E-state index contributed by atoms with van der Waals surface area (Å²) in [5.41, 5.74) is 2.53. The monoisotopic (exact) mass is 244 g/mol. The lowest BCUT2D eigenvalue weighted by Gasteiger charge is -2.03. The van der Waals surface area contributed by atoms with Crippen LogP contribution < -0.4 is 0 Å². The minimum Gasteiger partial charge on any atom is -0.478 e. The molecule has 0 saturated carbocycles. The van der Waals surface area contributed by atoms with Crippen molar-refractivity contribution >= 4 is 28.3 Å². The second kappa shape index (κ2) is 3.71. The molecule has 2 aromatic heterocycles. The quantitative estimate of drug-likeness (QED) is 0.754. The third kappa shape index (κ3) is 1.52. The van der Waals surface area contributed by atoms with Gasteiger partial charge in [0.25, 0.3) is 0 Å². The SMILES string of the molecule is O=C(O)c1cccc2ncn(-c3ccsc3)c12. The van der Waals surface area contributed by atoms with Gasteiger partial charge in [0.1, 0.15) is 6.33 Å². The van der Waals surface area contributed by atoms with E-state index in [-0.39, 0.29) is 5.56 Å². The molecule has 0 aliphatic heterocycles. The van der Waals surface area contributed by atoms with E-state index >= 15 is 0 Å². The van der Waals surface area contributed by atoms with Gasteiger partial charge in [0.05, 0.1) is 22.3 Å². The molecule has 3 aromatic rings. The van der Waals surface area contributed by atoms with E-state index in [9.17, 15) is 9.90 Å². The van der Waals surface area contributed by atoms with Crippen molar-refractivity contribution in [3.8, 4) is 5.69 Å². The molecule has 4 nitrogen and oxygen atoms in total. The molecule has 0 atom stereocenters. The first-order valence-corrected chi connectivity index (χ1v) is 5.93. The summed E-state index contributed by atoms with van der Waals surface area (Å²) < 4.78 is 1.80. The average Bonchev–Trinajstić information content (AvgIpc) is 2.96. The molecule has 5 heteroatoms. The summed E-state index contributed by atoms with van der Waals surface area (Å²) in [5, 5.41) is 13.1. The van der Waals surface area contributed by atoms with Crippen LogP contribution >= 0.6 is 11.3 Å². The Bertz CT molecular complexity index is 686. The Labute approximate surface area is 101 Å². The van der Waals surface area contributed by atoms with Crippen molar-refractivity contribution in [1.29, 1.82) is 0 Å². The fraction of sp³-hybridized carbons (Fsp3) is 0. The molecule has 2 heterocycles. The van der Waals surface area contributed by atoms with Gasteiger partial charge in [0.15, 0.2) is 0 Å². The summed E-state index contributed by atoms with van der Waals surface area (Å²) in [4.78, 5) is 15.4. The molecule has 0 amide bonds. The first kappa shape index (κ1) is 10.0. The molecule has 17 heavy (non-hydrogen) atoms. The number of benzene rings is 1. The molecule has 0 bridgehead atoms. The maximum absolute atomic E-state index is 11.2. The van der Waals surface area contributed by atoms with Gasteiger partial charge in [0.2, 0.25) is 0 Å². The van der Waals surface area contributed by atoms with Crippen LogP contribution in [0.2, 0.25) is 0 Å². The predicted octanol–water partition coefficient (Wildman–Crippen LogP) is 2.79. The number of carboxylic acids is 1. The molecular weight excluding hydrogens is 236 g/mol. The third-order valence-corrected chi connectivity index (χ3v) is 3.25. The number of hydrogen-bond acceptors (Lipinski definition) is 3. The number of carboxylic acid groups (broad SMARTS) is 1. The molecule has 0 fully saturated rings. The Morgan fingerprint density at radius 1 is 1.35 bits per heavy atom. The maximum atomic E-state index is 11.2. The number of nitrogens with zero attached hydrogens (tertiary/aromatic N) is 2. The number of rotatable bonds is 2. The number of aromatic carboxylic acids is 1. The fourth-order valence-corrected chi connectivity index (χ4v) is 2.46. The lowest BCUT2D eigenvalue weighted by atomic mass is 10.2. The summed E-state index contributed by atoms with van der Waals surface area (Å²) in [6.07, 6.45) is 1.65. The normalized spacial score (nSPS) is 10.8. The van der Waals surface area contributed by atoms with E-state index in [4.69, 9.17) is 0 Å². The van der Waals surface area contributed by atoms with Crippen molar-refractivity contribution in [2.75, 3.05) is 0 Å². The maximum Gasteiger partial charge on any atom is 0.337 e. The van der Waals surface area contributed by atoms with Gasteiger partial charge in [-0.1, -0.05) is 6.07 Å². The van der Waals surface area contributed by atoms with Crippen LogP contribution in [-0.2, 0) is 0 Å². The zero-order chi connectivity index (χ0) is 11.8. The molecule has 0 aliphatic carbocycles. The first-order chi connectivity index (χ1) is 8.27. The third-order valence-electron chi connectivity index (χ3n) is 2.58. The summed E-state index contributed by atoms with van der Waals surface area (Å²) in [6, 6.07) is 7.04. The number of aromatic nitrogens is 2. The second-order valence-electron chi connectivity index (χ2n) is 3.57. The molecule has 0 spiro atoms. The average molecular weight is 244 g/mol. The molecule has 1 aromatic carbocycles. The van der Waals surface area contributed by atoms with Gasteiger partial charge < -0.3 is 5.11 Å². The number of hydrogen-bond donors (Lipinski definition) is 1. The van der Waals surface area contributed by atoms with Gasteiger partial charge in [-0.15, -0.1) is 0 Å². The molecule has 84 valence electrons. The van der Waals surface area contributed by atoms with Gasteiger partial charge >= 0.3 is 5.97 Å². The Morgan fingerprint density at radius 3 is 2.94 bits per heavy atom. The van der Waals surface area contributed by atoms with Gasteiger partial charge in [-0.3, -0.25) is 4.57 Å². The zero-order valence-electron chi connectivity index (χ0n) is 8.70. The van der Waals surface area contributed by atoms with E-state index in [1.54, 1.807) is 34.4 Å². The van der Waals surface area contributed by atoms with Gasteiger partial charge in [-0.25, -0.2) is 9.78 Å². The number of fused-ring (bicyclic) bond motifs is 1. The first-order valence-electron chi connectivity index (χ1n) is 4.99. The van der Waals surface area contributed by atoms with Crippen LogP contribution in [0.15, 0.2) is 41.4 Å². The number of thiophene rings is 1. The van der Waals surface area contributed by atoms with E-state index < -0.39 is 5.97 Å². The highest BCUT2D eigenvalue weighted by atomic mass is 32.1. The lowest BCUT2D eigenvalue weighted by molar-refractivity contribution is 0.0698. The largest absolute Gasteiger partial charge is 0.478 e. The smallest absolute Gasteiger partial charge is 0.337 e. The summed E-state index contributed by atoms with van der Waals surface area (Å²) in [5.74, 6) is -0.937. The molecule has 1 N–H and O–H groups in total. The lowest BCUT2D eigenvalue weighted by Crippen LogP contribution is -2.00. The standard InChI is InChI=1S/C12H8N2O2S/c15-12(16)9-2-1-3-10-11(9)14(7-13-10)8-4-5-17-6-8/h1-7H,(H,15,16). The molecule has 0 unspecified atom stereocenters. The van der Waals surface area contributed by atoms with Gasteiger partial charge in [-0.05, 0) is 23.6 Å². The van der Waals surface area contributed by atoms with Gasteiger partial charge in [0, 0.05) is 5.38 Å². The van der Waals surface area contributed by atoms with Crippen molar-refractivity contribution in [2.45, 2.75) is 0 Å². The fourth-order valence-electron chi connectivity index (χ4n) is 1.83. The van der Waals surface area contributed by atoms with Crippen LogP contribution in [0.1, 0.15) is 10.4 Å². The molecular formula is C12H8N2O2S. The minimum atomic E-state index is -0.937. The second-order valence-corrected chi connectivity index (χ2v) is 4.35. The highest BCUT2D eigenvalue weighted by Gasteiger charge is 2.13. The summed E-state index contributed by atoms with van der Waals surface area (Å²) in [7, 11) is 0. The Morgan fingerprint density at radius 2 is 2.24 bits per heavy atom. The Kier molecular flexibility index (Phi) is 2.19. The van der Waals surface area contributed by atoms with Crippen molar-refractivity contribution in [1.82, 2.24) is 9.55 Å². The van der Waals surface area contributed by atoms with Crippen LogP contribution in [-0.4, -0.2) is 20.6 Å². The minimum absolute atomic E-state index is 0.270. The number of imidazole rings is 1. The highest BCUT2D eigenvalue weighted by molar-refractivity contribution is 7.08. The Balaban J connectivity index is 2.37. The molecule has 0 aliphatic rings. The van der Waals surface area contributed by atoms with Gasteiger partial charge in [-0.2, -0.15) is 11.3 Å². The van der Waals surface area contributed by atoms with Crippen molar-refractivity contribution < 1.29 is 9.90 Å². The molecule has 0 radical (unpaired) electrons. The van der Waals surface area contributed by atoms with E-state index in [2.05, 4.69) is 4.98 Å². The van der Waals surface area contributed by atoms with Crippen LogP contribution in [0, 0.1) is 0 Å². The molecule has 0 saturated heterocycles. The van der Waals surface area contributed by atoms with E-state index in [0.29, 0.717) is 11.0 Å². The van der Waals surface area contributed by atoms with E-state index in [1.807, 2.05) is 22.9 Å². The topological polar surface area (TPSA) is 55.1 Å². The Hall–Kier alpha value is -2.14.